The molecule has 0 amide bonds. The molecule has 0 aliphatic heterocycles. The van der Waals surface area contributed by atoms with Gasteiger partial charge in [0, 0.05) is 18.8 Å². The number of nitrogens with zero attached hydrogens (tertiary/aromatic N) is 2. The molecular formula is C14H20N4O2S. The van der Waals surface area contributed by atoms with Crippen molar-refractivity contribution < 1.29 is 8.42 Å². The van der Waals surface area contributed by atoms with E-state index in [0.717, 1.165) is 11.1 Å². The normalized spacial score (nSPS) is 11.9. The van der Waals surface area contributed by atoms with Gasteiger partial charge in [-0.1, -0.05) is 6.07 Å². The number of nitrogens with two attached hydrogens (primary N) is 1. The van der Waals surface area contributed by atoms with Crippen LogP contribution in [0.5, 0.6) is 0 Å². The summed E-state index contributed by atoms with van der Waals surface area (Å²) >= 11 is 0. The lowest BCUT2D eigenvalue weighted by Gasteiger charge is -2.09. The predicted molar refractivity (Wildman–Crippen MR) is 82.5 cm³/mol. The second kappa shape index (κ2) is 5.87. The van der Waals surface area contributed by atoms with Crippen LogP contribution < -0.4 is 10.5 Å². The summed E-state index contributed by atoms with van der Waals surface area (Å²) in [6.45, 7) is 6.18. The van der Waals surface area contributed by atoms with Crippen molar-refractivity contribution in [3.8, 4) is 0 Å². The first-order chi connectivity index (χ1) is 9.83. The number of anilines is 1. The highest BCUT2D eigenvalue weighted by Gasteiger charge is 2.16. The molecule has 0 unspecified atom stereocenters. The third-order valence-corrected chi connectivity index (χ3v) is 4.61. The molecule has 114 valence electrons. The lowest BCUT2D eigenvalue weighted by molar-refractivity contribution is 0.532. The average molecular weight is 308 g/mol. The van der Waals surface area contributed by atoms with Gasteiger partial charge in [0.1, 0.15) is 0 Å². The van der Waals surface area contributed by atoms with Gasteiger partial charge in [0.05, 0.1) is 16.8 Å². The fourth-order valence-electron chi connectivity index (χ4n) is 1.95. The molecule has 3 N–H and O–H groups in total. The minimum Gasteiger partial charge on any atom is -0.326 e. The molecule has 1 heterocycles. The molecule has 0 spiro atoms. The average Bonchev–Trinajstić information content (AvgIpc) is 2.86. The summed E-state index contributed by atoms with van der Waals surface area (Å²) in [5.41, 5.74) is 7.83. The number of hydrogen-bond acceptors (Lipinski definition) is 4. The predicted octanol–water partition coefficient (Wildman–Crippen LogP) is 2.03. The highest BCUT2D eigenvalue weighted by Crippen LogP contribution is 2.19. The lowest BCUT2D eigenvalue weighted by Crippen LogP contribution is -2.13. The Hall–Kier alpha value is -1.86. The molecule has 0 saturated heterocycles. The Morgan fingerprint density at radius 3 is 2.62 bits per heavy atom. The van der Waals surface area contributed by atoms with Gasteiger partial charge in [0.25, 0.3) is 10.0 Å². The second-order valence-electron chi connectivity index (χ2n) is 5.20. The van der Waals surface area contributed by atoms with Crippen molar-refractivity contribution in [1.29, 1.82) is 0 Å². The van der Waals surface area contributed by atoms with E-state index >= 15 is 0 Å². The first-order valence-electron chi connectivity index (χ1n) is 6.70. The summed E-state index contributed by atoms with van der Waals surface area (Å²) in [5.74, 6) is 0. The van der Waals surface area contributed by atoms with Gasteiger partial charge in [0.15, 0.2) is 0 Å². The summed E-state index contributed by atoms with van der Waals surface area (Å²) in [7, 11) is -3.62. The van der Waals surface area contributed by atoms with E-state index in [2.05, 4.69) is 9.82 Å². The molecule has 2 aromatic rings. The van der Waals surface area contributed by atoms with Crippen molar-refractivity contribution in [2.24, 2.45) is 5.73 Å². The zero-order chi connectivity index (χ0) is 15.6. The Kier molecular flexibility index (Phi) is 4.34. The topological polar surface area (TPSA) is 90.0 Å². The Labute approximate surface area is 125 Å². The van der Waals surface area contributed by atoms with Crippen LogP contribution in [0.25, 0.3) is 0 Å². The maximum Gasteiger partial charge on any atom is 0.262 e. The fraction of sp³-hybridized carbons (Fsp3) is 0.357. The molecule has 0 bridgehead atoms. The molecule has 6 nitrogen and oxygen atoms in total. The Morgan fingerprint density at radius 1 is 1.38 bits per heavy atom. The van der Waals surface area contributed by atoms with Crippen LogP contribution in [0.2, 0.25) is 0 Å². The summed E-state index contributed by atoms with van der Waals surface area (Å²) < 4.78 is 28.9. The number of aryl methyl sites for hydroxylation is 1. The zero-order valence-corrected chi connectivity index (χ0v) is 13.2. The van der Waals surface area contributed by atoms with Crippen LogP contribution in [0.15, 0.2) is 35.5 Å². The van der Waals surface area contributed by atoms with Crippen molar-refractivity contribution in [3.63, 3.8) is 0 Å². The minimum atomic E-state index is -3.62. The van der Waals surface area contributed by atoms with Gasteiger partial charge in [-0.05, 0) is 44.0 Å². The maximum atomic E-state index is 12.4. The van der Waals surface area contributed by atoms with E-state index in [-0.39, 0.29) is 10.9 Å². The molecule has 0 radical (unpaired) electrons. The largest absolute Gasteiger partial charge is 0.326 e. The van der Waals surface area contributed by atoms with Gasteiger partial charge in [-0.25, -0.2) is 8.42 Å². The smallest absolute Gasteiger partial charge is 0.262 e. The molecule has 0 atom stereocenters. The zero-order valence-electron chi connectivity index (χ0n) is 12.4. The van der Waals surface area contributed by atoms with Gasteiger partial charge >= 0.3 is 0 Å². The number of hydrogen-bond donors (Lipinski definition) is 2. The summed E-state index contributed by atoms with van der Waals surface area (Å²) in [5, 5.41) is 4.11. The van der Waals surface area contributed by atoms with Crippen molar-refractivity contribution in [3.05, 3.63) is 41.7 Å². The highest BCUT2D eigenvalue weighted by atomic mass is 32.2. The molecular weight excluding hydrogens is 288 g/mol. The molecule has 1 aromatic heterocycles. The molecule has 7 heteroatoms. The van der Waals surface area contributed by atoms with Gasteiger partial charge in [0.2, 0.25) is 0 Å². The van der Waals surface area contributed by atoms with Crippen LogP contribution in [0, 0.1) is 6.92 Å². The van der Waals surface area contributed by atoms with Crippen LogP contribution in [-0.2, 0) is 16.6 Å². The molecule has 0 aliphatic rings. The first kappa shape index (κ1) is 15.5. The lowest BCUT2D eigenvalue weighted by atomic mass is 10.1. The van der Waals surface area contributed by atoms with Gasteiger partial charge in [-0.3, -0.25) is 9.40 Å². The van der Waals surface area contributed by atoms with Crippen molar-refractivity contribution in [2.45, 2.75) is 38.3 Å². The minimum absolute atomic E-state index is 0.175. The van der Waals surface area contributed by atoms with Gasteiger partial charge in [-0.2, -0.15) is 5.10 Å². The van der Waals surface area contributed by atoms with E-state index in [1.807, 2.05) is 20.8 Å². The van der Waals surface area contributed by atoms with E-state index in [0.29, 0.717) is 12.2 Å². The molecule has 0 saturated carbocycles. The van der Waals surface area contributed by atoms with Crippen molar-refractivity contribution >= 4 is 15.7 Å². The molecule has 21 heavy (non-hydrogen) atoms. The maximum absolute atomic E-state index is 12.4. The third-order valence-electron chi connectivity index (χ3n) is 3.23. The fourth-order valence-corrected chi connectivity index (χ4v) is 3.06. The summed E-state index contributed by atoms with van der Waals surface area (Å²) in [6.07, 6.45) is 3.17. The van der Waals surface area contributed by atoms with E-state index in [1.165, 1.54) is 6.20 Å². The SMILES string of the molecule is Cc1cc(S(=O)(=O)Nc2cnn(C(C)C)c2)ccc1CN. The Morgan fingerprint density at radius 2 is 2.10 bits per heavy atom. The van der Waals surface area contributed by atoms with E-state index < -0.39 is 10.0 Å². The van der Waals surface area contributed by atoms with Crippen molar-refractivity contribution in [1.82, 2.24) is 9.78 Å². The second-order valence-corrected chi connectivity index (χ2v) is 6.88. The molecule has 2 rings (SSSR count). The number of benzene rings is 1. The summed E-state index contributed by atoms with van der Waals surface area (Å²) in [6, 6.07) is 5.10. The van der Waals surface area contributed by atoms with E-state index in [1.54, 1.807) is 29.1 Å². The summed E-state index contributed by atoms with van der Waals surface area (Å²) in [4.78, 5) is 0.217. The number of aromatic nitrogens is 2. The number of rotatable bonds is 5. The van der Waals surface area contributed by atoms with Crippen LogP contribution in [0.1, 0.15) is 31.0 Å². The molecule has 0 fully saturated rings. The van der Waals surface area contributed by atoms with Gasteiger partial charge in [-0.15, -0.1) is 0 Å². The van der Waals surface area contributed by atoms with Gasteiger partial charge < -0.3 is 5.73 Å². The monoisotopic (exact) mass is 308 g/mol. The quantitative estimate of drug-likeness (QED) is 0.884. The standard InChI is InChI=1S/C14H20N4O2S/c1-10(2)18-9-13(8-16-18)17-21(19,20)14-5-4-12(7-15)11(3)6-14/h4-6,8-10,17H,7,15H2,1-3H3. The highest BCUT2D eigenvalue weighted by molar-refractivity contribution is 7.92. The van der Waals surface area contributed by atoms with Crippen LogP contribution in [-0.4, -0.2) is 18.2 Å². The van der Waals surface area contributed by atoms with Crippen LogP contribution in [0.4, 0.5) is 5.69 Å². The van der Waals surface area contributed by atoms with E-state index in [9.17, 15) is 8.42 Å². The van der Waals surface area contributed by atoms with Crippen LogP contribution in [0.3, 0.4) is 0 Å². The molecule has 0 aliphatic carbocycles. The number of sulfonamides is 1. The number of nitrogens with one attached hydrogen (secondary N) is 1. The molecule has 1 aromatic carbocycles. The van der Waals surface area contributed by atoms with Crippen molar-refractivity contribution in [2.75, 3.05) is 4.72 Å². The third kappa shape index (κ3) is 3.43. The first-order valence-corrected chi connectivity index (χ1v) is 8.18. The van der Waals surface area contributed by atoms with E-state index in [4.69, 9.17) is 5.73 Å². The Balaban J connectivity index is 2.27. The Bertz CT molecular complexity index is 735. The van der Waals surface area contributed by atoms with Crippen LogP contribution >= 0.6 is 0 Å².